The fourth-order valence-corrected chi connectivity index (χ4v) is 4.88. The maximum absolute atomic E-state index is 13.1. The number of nitrogens with one attached hydrogen (secondary N) is 3. The van der Waals surface area contributed by atoms with Crippen molar-refractivity contribution in [2.45, 2.75) is 45.2 Å². The van der Waals surface area contributed by atoms with Crippen molar-refractivity contribution in [2.75, 3.05) is 10.6 Å². The third kappa shape index (κ3) is 5.55. The molecule has 1 aromatic carbocycles. The first kappa shape index (κ1) is 24.7. The van der Waals surface area contributed by atoms with Crippen molar-refractivity contribution in [1.82, 2.24) is 24.9 Å². The number of carbonyl (C=O) groups excluding carboxylic acids is 1. The lowest BCUT2D eigenvalue weighted by atomic mass is 9.79. The van der Waals surface area contributed by atoms with Gasteiger partial charge < -0.3 is 15.6 Å². The normalized spacial score (nSPS) is 18.1. The molecule has 3 aromatic heterocycles. The van der Waals surface area contributed by atoms with E-state index < -0.39 is 12.1 Å². The van der Waals surface area contributed by atoms with Crippen LogP contribution in [0.25, 0.3) is 22.4 Å². The molecule has 37 heavy (non-hydrogen) atoms. The van der Waals surface area contributed by atoms with Gasteiger partial charge in [0.15, 0.2) is 5.65 Å². The third-order valence-corrected chi connectivity index (χ3v) is 6.78. The minimum Gasteiger partial charge on any atom is -0.341 e. The van der Waals surface area contributed by atoms with Crippen molar-refractivity contribution in [2.24, 2.45) is 11.8 Å². The molecule has 0 aliphatic heterocycles. The van der Waals surface area contributed by atoms with Crippen molar-refractivity contribution in [3.63, 3.8) is 0 Å². The molecule has 0 bridgehead atoms. The van der Waals surface area contributed by atoms with Gasteiger partial charge in [-0.05, 0) is 61.9 Å². The first-order chi connectivity index (χ1) is 17.8. The van der Waals surface area contributed by atoms with Gasteiger partial charge in [0, 0.05) is 29.6 Å². The number of imidazole rings is 1. The summed E-state index contributed by atoms with van der Waals surface area (Å²) >= 11 is 0. The van der Waals surface area contributed by atoms with Crippen LogP contribution in [0.3, 0.4) is 0 Å². The Hall–Kier alpha value is -4.02. The number of alkyl halides is 3. The standard InChI is InChI=1S/C26H26F3N7O/c1-15-7-8-18(35-21(37)11-16-4-2-5-17(10-16)26(27,28)29)12-20(15)36-24-19(6-3-9-30-24)22-23-25(33-13-31-22)34-14-32-23/h3,6-9,12-14,16-17H,2,4-5,10-11H2,1H3,(H,30,36)(H,35,37)(H,31,32,33,34)/t16-,17-/m1/s1. The number of carbonyl (C=O) groups is 1. The molecule has 1 fully saturated rings. The second-order valence-corrected chi connectivity index (χ2v) is 9.40. The number of aromatic amines is 1. The molecule has 0 radical (unpaired) electrons. The highest BCUT2D eigenvalue weighted by atomic mass is 19.4. The summed E-state index contributed by atoms with van der Waals surface area (Å²) in [4.78, 5) is 33.0. The molecule has 0 spiro atoms. The predicted octanol–water partition coefficient (Wildman–Crippen LogP) is 6.16. The number of aryl methyl sites for hydroxylation is 1. The summed E-state index contributed by atoms with van der Waals surface area (Å²) in [5.74, 6) is -1.32. The van der Waals surface area contributed by atoms with Crippen molar-refractivity contribution < 1.29 is 18.0 Å². The van der Waals surface area contributed by atoms with Crippen LogP contribution in [0, 0.1) is 18.8 Å². The third-order valence-electron chi connectivity index (χ3n) is 6.78. The molecule has 2 atom stereocenters. The van der Waals surface area contributed by atoms with Crippen LogP contribution < -0.4 is 10.6 Å². The summed E-state index contributed by atoms with van der Waals surface area (Å²) < 4.78 is 39.4. The van der Waals surface area contributed by atoms with Crippen LogP contribution in [0.15, 0.2) is 49.2 Å². The van der Waals surface area contributed by atoms with Crippen LogP contribution in [0.4, 0.5) is 30.4 Å². The second kappa shape index (κ2) is 10.2. The molecular weight excluding hydrogens is 483 g/mol. The number of hydrogen-bond acceptors (Lipinski definition) is 6. The molecule has 8 nitrogen and oxygen atoms in total. The van der Waals surface area contributed by atoms with E-state index in [1.807, 2.05) is 25.1 Å². The largest absolute Gasteiger partial charge is 0.391 e. The lowest BCUT2D eigenvalue weighted by Crippen LogP contribution is -2.30. The average molecular weight is 510 g/mol. The number of hydrogen-bond donors (Lipinski definition) is 3. The van der Waals surface area contributed by atoms with E-state index in [9.17, 15) is 18.0 Å². The molecule has 3 heterocycles. The Morgan fingerprint density at radius 1 is 1.14 bits per heavy atom. The molecule has 3 N–H and O–H groups in total. The predicted molar refractivity (Wildman–Crippen MR) is 134 cm³/mol. The second-order valence-electron chi connectivity index (χ2n) is 9.40. The monoisotopic (exact) mass is 509 g/mol. The molecule has 0 saturated heterocycles. The van der Waals surface area contributed by atoms with E-state index in [4.69, 9.17) is 0 Å². The molecule has 1 saturated carbocycles. The van der Waals surface area contributed by atoms with Gasteiger partial charge in [-0.1, -0.05) is 12.5 Å². The molecule has 1 aliphatic carbocycles. The number of anilines is 3. The number of fused-ring (bicyclic) bond motifs is 1. The Morgan fingerprint density at radius 2 is 2.00 bits per heavy atom. The van der Waals surface area contributed by atoms with Gasteiger partial charge in [0.1, 0.15) is 23.4 Å². The van der Waals surface area contributed by atoms with Gasteiger partial charge in [0.25, 0.3) is 0 Å². The van der Waals surface area contributed by atoms with E-state index >= 15 is 0 Å². The number of H-pyrrole nitrogens is 1. The summed E-state index contributed by atoms with van der Waals surface area (Å²) in [7, 11) is 0. The lowest BCUT2D eigenvalue weighted by molar-refractivity contribution is -0.186. The zero-order valence-electron chi connectivity index (χ0n) is 20.1. The molecule has 0 unspecified atom stereocenters. The Kier molecular flexibility index (Phi) is 6.77. The minimum atomic E-state index is -4.20. The maximum Gasteiger partial charge on any atom is 0.391 e. The van der Waals surface area contributed by atoms with Gasteiger partial charge in [-0.15, -0.1) is 0 Å². The molecule has 1 aliphatic rings. The van der Waals surface area contributed by atoms with Gasteiger partial charge in [0.05, 0.1) is 12.2 Å². The molecule has 192 valence electrons. The molecule has 1 amide bonds. The van der Waals surface area contributed by atoms with Crippen LogP contribution in [0.2, 0.25) is 0 Å². The SMILES string of the molecule is Cc1ccc(NC(=O)C[C@@H]2CCC[C@@H](C(F)(F)F)C2)cc1Nc1ncccc1-c1ncnc2nc[nH]c12. The number of rotatable bonds is 6. The summed E-state index contributed by atoms with van der Waals surface area (Å²) in [6.07, 6.45) is 1.81. The summed E-state index contributed by atoms with van der Waals surface area (Å²) in [6.45, 7) is 1.92. The zero-order valence-corrected chi connectivity index (χ0v) is 20.1. The Labute approximate surface area is 211 Å². The van der Waals surface area contributed by atoms with Crippen molar-refractivity contribution in [1.29, 1.82) is 0 Å². The molecule has 4 aromatic rings. The lowest BCUT2D eigenvalue weighted by Gasteiger charge is -2.30. The highest BCUT2D eigenvalue weighted by molar-refractivity contribution is 5.93. The topological polar surface area (TPSA) is 108 Å². The van der Waals surface area contributed by atoms with Gasteiger partial charge >= 0.3 is 6.18 Å². The maximum atomic E-state index is 13.1. The Bertz CT molecular complexity index is 1420. The van der Waals surface area contributed by atoms with Gasteiger partial charge in [-0.25, -0.2) is 19.9 Å². The Balaban J connectivity index is 1.32. The highest BCUT2D eigenvalue weighted by Crippen LogP contribution is 2.41. The van der Waals surface area contributed by atoms with E-state index in [2.05, 4.69) is 35.6 Å². The first-order valence-electron chi connectivity index (χ1n) is 12.1. The van der Waals surface area contributed by atoms with Crippen LogP contribution in [0.1, 0.15) is 37.7 Å². The fraction of sp³-hybridized carbons (Fsp3) is 0.346. The minimum absolute atomic E-state index is 0.00666. The first-order valence-corrected chi connectivity index (χ1v) is 12.1. The van der Waals surface area contributed by atoms with E-state index in [0.717, 1.165) is 16.8 Å². The quantitative estimate of drug-likeness (QED) is 0.287. The van der Waals surface area contributed by atoms with Gasteiger partial charge in [0.2, 0.25) is 5.91 Å². The van der Waals surface area contributed by atoms with Crippen molar-refractivity contribution in [3.05, 3.63) is 54.7 Å². The van der Waals surface area contributed by atoms with Crippen molar-refractivity contribution >= 4 is 34.3 Å². The Morgan fingerprint density at radius 3 is 2.84 bits per heavy atom. The number of benzene rings is 1. The van der Waals surface area contributed by atoms with E-state index in [-0.39, 0.29) is 31.1 Å². The number of amides is 1. The number of aromatic nitrogens is 5. The number of halogens is 3. The van der Waals surface area contributed by atoms with Crippen molar-refractivity contribution in [3.8, 4) is 11.3 Å². The van der Waals surface area contributed by atoms with Crippen LogP contribution >= 0.6 is 0 Å². The van der Waals surface area contributed by atoms with Crippen LogP contribution in [-0.2, 0) is 4.79 Å². The zero-order chi connectivity index (χ0) is 26.0. The number of nitrogens with zero attached hydrogens (tertiary/aromatic N) is 4. The average Bonchev–Trinajstić information content (AvgIpc) is 3.35. The summed E-state index contributed by atoms with van der Waals surface area (Å²) in [5, 5.41) is 6.18. The van der Waals surface area contributed by atoms with Gasteiger partial charge in [-0.2, -0.15) is 13.2 Å². The summed E-state index contributed by atoms with van der Waals surface area (Å²) in [5.41, 5.74) is 4.81. The number of pyridine rings is 1. The van der Waals surface area contributed by atoms with Crippen LogP contribution in [-0.4, -0.2) is 37.0 Å². The molecular formula is C26H26F3N7O. The molecule has 5 rings (SSSR count). The van der Waals surface area contributed by atoms with E-state index in [1.165, 1.54) is 6.33 Å². The van der Waals surface area contributed by atoms with Crippen LogP contribution in [0.5, 0.6) is 0 Å². The molecule has 11 heteroatoms. The smallest absolute Gasteiger partial charge is 0.341 e. The van der Waals surface area contributed by atoms with Gasteiger partial charge in [-0.3, -0.25) is 4.79 Å². The van der Waals surface area contributed by atoms with E-state index in [1.54, 1.807) is 24.7 Å². The highest BCUT2D eigenvalue weighted by Gasteiger charge is 2.42. The summed E-state index contributed by atoms with van der Waals surface area (Å²) in [6, 6.07) is 9.12. The fourth-order valence-electron chi connectivity index (χ4n) is 4.88. The van der Waals surface area contributed by atoms with E-state index in [0.29, 0.717) is 41.2 Å².